The van der Waals surface area contributed by atoms with Crippen LogP contribution in [-0.2, 0) is 6.54 Å². The summed E-state index contributed by atoms with van der Waals surface area (Å²) in [4.78, 5) is 18.3. The smallest absolute Gasteiger partial charge is 0.231 e. The van der Waals surface area contributed by atoms with Gasteiger partial charge in [-0.25, -0.2) is 4.98 Å². The van der Waals surface area contributed by atoms with E-state index in [1.165, 1.54) is 0 Å². The quantitative estimate of drug-likeness (QED) is 0.311. The number of anilines is 3. The second kappa shape index (κ2) is 10.2. The van der Waals surface area contributed by atoms with Crippen LogP contribution in [0.2, 0.25) is 0 Å². The van der Waals surface area contributed by atoms with Crippen LogP contribution in [0.15, 0.2) is 73.3 Å². The van der Waals surface area contributed by atoms with Gasteiger partial charge in [-0.1, -0.05) is 24.3 Å². The van der Waals surface area contributed by atoms with Crippen molar-refractivity contribution < 1.29 is 14.2 Å². The van der Waals surface area contributed by atoms with Crippen LogP contribution in [0.5, 0.6) is 17.2 Å². The average Bonchev–Trinajstić information content (AvgIpc) is 3.36. The van der Waals surface area contributed by atoms with Crippen molar-refractivity contribution in [2.45, 2.75) is 6.54 Å². The van der Waals surface area contributed by atoms with E-state index >= 15 is 0 Å². The molecule has 2 N–H and O–H groups in total. The summed E-state index contributed by atoms with van der Waals surface area (Å²) in [6, 6.07) is 17.4. The molecule has 2 aromatic carbocycles. The molecule has 10 nitrogen and oxygen atoms in total. The van der Waals surface area contributed by atoms with Crippen LogP contribution in [0, 0.1) is 0 Å². The Morgan fingerprint density at radius 2 is 1.67 bits per heavy atom. The molecule has 5 aromatic rings. The van der Waals surface area contributed by atoms with Gasteiger partial charge in [0.2, 0.25) is 11.7 Å². The number of para-hydroxylation sites is 1. The maximum Gasteiger partial charge on any atom is 0.231 e. The number of fused-ring (bicyclic) bond motifs is 1. The number of ether oxygens (including phenoxy) is 3. The minimum Gasteiger partial charge on any atom is -0.493 e. The summed E-state index contributed by atoms with van der Waals surface area (Å²) >= 11 is 0. The number of nitrogens with zero attached hydrogens (tertiary/aromatic N) is 5. The first-order valence-corrected chi connectivity index (χ1v) is 11.2. The van der Waals surface area contributed by atoms with Crippen molar-refractivity contribution >= 4 is 28.6 Å². The third-order valence-electron chi connectivity index (χ3n) is 5.53. The molecule has 3 heterocycles. The van der Waals surface area contributed by atoms with Crippen LogP contribution in [0.4, 0.5) is 17.5 Å². The van der Waals surface area contributed by atoms with E-state index in [9.17, 15) is 0 Å². The van der Waals surface area contributed by atoms with Crippen LogP contribution in [0.1, 0.15) is 5.56 Å². The van der Waals surface area contributed by atoms with Gasteiger partial charge in [-0.15, -0.1) is 0 Å². The number of pyridine rings is 1. The lowest BCUT2D eigenvalue weighted by Crippen LogP contribution is -2.07. The minimum absolute atomic E-state index is 0.378. The highest BCUT2D eigenvalue weighted by Gasteiger charge is 2.17. The molecule has 0 unspecified atom stereocenters. The predicted molar refractivity (Wildman–Crippen MR) is 138 cm³/mol. The van der Waals surface area contributed by atoms with Gasteiger partial charge in [0.05, 0.1) is 21.3 Å². The Morgan fingerprint density at radius 3 is 2.33 bits per heavy atom. The summed E-state index contributed by atoms with van der Waals surface area (Å²) in [6.45, 7) is 0.530. The Bertz CT molecular complexity index is 1450. The average molecular weight is 484 g/mol. The fourth-order valence-corrected chi connectivity index (χ4v) is 3.83. The van der Waals surface area contributed by atoms with E-state index in [1.807, 2.05) is 53.2 Å². The normalized spacial score (nSPS) is 10.8. The molecule has 0 amide bonds. The summed E-state index contributed by atoms with van der Waals surface area (Å²) in [6.07, 6.45) is 5.30. The molecular weight excluding hydrogens is 458 g/mol. The van der Waals surface area contributed by atoms with E-state index in [0.29, 0.717) is 52.4 Å². The number of hydrogen-bond acceptors (Lipinski definition) is 9. The van der Waals surface area contributed by atoms with Gasteiger partial charge < -0.3 is 24.8 Å². The summed E-state index contributed by atoms with van der Waals surface area (Å²) in [5.74, 6) is 2.51. The standard InChI is InChI=1S/C26H25N7O3/c1-34-20-12-18(13-21(35-2)23(20)36-3)30-26-31-24(28-15-17-8-7-11-27-14-17)22-25(32-26)33(16-29-22)19-9-5-4-6-10-19/h4-14,16H,15H2,1-3H3,(H2,28,30,31,32). The van der Waals surface area contributed by atoms with Crippen LogP contribution in [0.3, 0.4) is 0 Å². The molecule has 0 saturated heterocycles. The molecule has 0 aliphatic rings. The Morgan fingerprint density at radius 1 is 0.889 bits per heavy atom. The second-order valence-corrected chi connectivity index (χ2v) is 7.77. The number of methoxy groups -OCH3 is 3. The molecule has 182 valence electrons. The lowest BCUT2D eigenvalue weighted by Gasteiger charge is -2.15. The monoisotopic (exact) mass is 483 g/mol. The van der Waals surface area contributed by atoms with Gasteiger partial charge in [0, 0.05) is 42.4 Å². The summed E-state index contributed by atoms with van der Waals surface area (Å²) < 4.78 is 18.3. The Balaban J connectivity index is 1.58. The summed E-state index contributed by atoms with van der Waals surface area (Å²) in [5, 5.41) is 6.65. The SMILES string of the molecule is COc1cc(Nc2nc(NCc3cccnc3)c3ncn(-c4ccccc4)c3n2)cc(OC)c1OC. The van der Waals surface area contributed by atoms with E-state index in [2.05, 4.69) is 20.6 Å². The molecule has 0 bridgehead atoms. The Kier molecular flexibility index (Phi) is 6.48. The van der Waals surface area contributed by atoms with Gasteiger partial charge in [-0.2, -0.15) is 9.97 Å². The van der Waals surface area contributed by atoms with Crippen molar-refractivity contribution in [3.8, 4) is 22.9 Å². The highest BCUT2D eigenvalue weighted by molar-refractivity contribution is 5.86. The third kappa shape index (κ3) is 4.56. The van der Waals surface area contributed by atoms with Crippen molar-refractivity contribution in [1.29, 1.82) is 0 Å². The zero-order chi connectivity index (χ0) is 24.9. The summed E-state index contributed by atoms with van der Waals surface area (Å²) in [5.41, 5.74) is 3.94. The minimum atomic E-state index is 0.378. The van der Waals surface area contributed by atoms with Crippen molar-refractivity contribution in [2.24, 2.45) is 0 Å². The second-order valence-electron chi connectivity index (χ2n) is 7.77. The molecule has 0 aliphatic carbocycles. The van der Waals surface area contributed by atoms with Gasteiger partial charge in [0.1, 0.15) is 6.33 Å². The number of aromatic nitrogens is 5. The first kappa shape index (κ1) is 22.9. The van der Waals surface area contributed by atoms with E-state index < -0.39 is 0 Å². The zero-order valence-corrected chi connectivity index (χ0v) is 20.1. The number of nitrogens with one attached hydrogen (secondary N) is 2. The highest BCUT2D eigenvalue weighted by Crippen LogP contribution is 2.40. The van der Waals surface area contributed by atoms with Gasteiger partial charge in [0.15, 0.2) is 28.5 Å². The topological polar surface area (TPSA) is 108 Å². The van der Waals surface area contributed by atoms with Crippen molar-refractivity contribution in [3.05, 3.63) is 78.9 Å². The van der Waals surface area contributed by atoms with Crippen LogP contribution < -0.4 is 24.8 Å². The molecule has 0 atom stereocenters. The maximum absolute atomic E-state index is 5.48. The van der Waals surface area contributed by atoms with E-state index in [0.717, 1.165) is 11.3 Å². The third-order valence-corrected chi connectivity index (χ3v) is 5.53. The van der Waals surface area contributed by atoms with Gasteiger partial charge in [-0.3, -0.25) is 9.55 Å². The molecular formula is C26H25N7O3. The van der Waals surface area contributed by atoms with E-state index in [4.69, 9.17) is 24.2 Å². The first-order chi connectivity index (χ1) is 17.7. The van der Waals surface area contributed by atoms with Gasteiger partial charge >= 0.3 is 0 Å². The van der Waals surface area contributed by atoms with E-state index in [1.54, 1.807) is 46.0 Å². The maximum atomic E-state index is 5.48. The molecule has 0 spiro atoms. The highest BCUT2D eigenvalue weighted by atomic mass is 16.5. The number of rotatable bonds is 9. The van der Waals surface area contributed by atoms with Crippen molar-refractivity contribution in [2.75, 3.05) is 32.0 Å². The molecule has 0 fully saturated rings. The van der Waals surface area contributed by atoms with Crippen molar-refractivity contribution in [3.63, 3.8) is 0 Å². The lowest BCUT2D eigenvalue weighted by molar-refractivity contribution is 0.324. The Hall–Kier alpha value is -4.86. The largest absolute Gasteiger partial charge is 0.493 e. The van der Waals surface area contributed by atoms with Crippen LogP contribution in [0.25, 0.3) is 16.9 Å². The molecule has 5 rings (SSSR count). The fourth-order valence-electron chi connectivity index (χ4n) is 3.83. The van der Waals surface area contributed by atoms with Crippen LogP contribution >= 0.6 is 0 Å². The molecule has 0 aliphatic heterocycles. The number of imidazole rings is 1. The molecule has 10 heteroatoms. The van der Waals surface area contributed by atoms with Crippen LogP contribution in [-0.4, -0.2) is 45.8 Å². The molecule has 0 saturated carbocycles. The zero-order valence-electron chi connectivity index (χ0n) is 20.1. The van der Waals surface area contributed by atoms with Gasteiger partial charge in [0.25, 0.3) is 0 Å². The Labute approximate surface area is 207 Å². The first-order valence-electron chi connectivity index (χ1n) is 11.2. The molecule has 0 radical (unpaired) electrons. The molecule has 3 aromatic heterocycles. The summed E-state index contributed by atoms with van der Waals surface area (Å²) in [7, 11) is 4.71. The number of hydrogen-bond donors (Lipinski definition) is 2. The van der Waals surface area contributed by atoms with E-state index in [-0.39, 0.29) is 0 Å². The van der Waals surface area contributed by atoms with Crippen molar-refractivity contribution in [1.82, 2.24) is 24.5 Å². The fraction of sp³-hybridized carbons (Fsp3) is 0.154. The number of benzene rings is 2. The molecule has 36 heavy (non-hydrogen) atoms. The lowest BCUT2D eigenvalue weighted by atomic mass is 10.2. The van der Waals surface area contributed by atoms with Gasteiger partial charge in [-0.05, 0) is 23.8 Å². The predicted octanol–water partition coefficient (Wildman–Crippen LogP) is 4.59.